The van der Waals surface area contributed by atoms with Gasteiger partial charge in [-0.05, 0) is 37.1 Å². The molecule has 1 atom stereocenters. The first-order valence-electron chi connectivity index (χ1n) is 10.5. The largest absolute Gasteiger partial charge is 0.486 e. The van der Waals surface area contributed by atoms with Gasteiger partial charge in [0.15, 0.2) is 17.1 Å². The van der Waals surface area contributed by atoms with Crippen LogP contribution in [0.1, 0.15) is 18.7 Å². The summed E-state index contributed by atoms with van der Waals surface area (Å²) in [6.07, 6.45) is 3.45. The summed E-state index contributed by atoms with van der Waals surface area (Å²) >= 11 is 0. The molecule has 1 aromatic carbocycles. The van der Waals surface area contributed by atoms with Crippen LogP contribution in [0.25, 0.3) is 5.65 Å². The molecular formula is C21H23N5O5S. The molecule has 1 unspecified atom stereocenters. The van der Waals surface area contributed by atoms with E-state index in [4.69, 9.17) is 9.47 Å². The van der Waals surface area contributed by atoms with E-state index in [2.05, 4.69) is 15.5 Å². The zero-order valence-electron chi connectivity index (χ0n) is 17.3. The Morgan fingerprint density at radius 3 is 2.84 bits per heavy atom. The highest BCUT2D eigenvalue weighted by Crippen LogP contribution is 2.34. The van der Waals surface area contributed by atoms with Gasteiger partial charge in [-0.1, -0.05) is 6.07 Å². The summed E-state index contributed by atoms with van der Waals surface area (Å²) in [5.41, 5.74) is 0.737. The van der Waals surface area contributed by atoms with Crippen LogP contribution in [0.5, 0.6) is 11.5 Å². The minimum absolute atomic E-state index is 0.0939. The summed E-state index contributed by atoms with van der Waals surface area (Å²) < 4.78 is 40.7. The number of aromatic nitrogens is 3. The lowest BCUT2D eigenvalue weighted by Crippen LogP contribution is -2.46. The maximum absolute atomic E-state index is 13.3. The third kappa shape index (κ3) is 3.78. The number of hydrogen-bond donors (Lipinski definition) is 1. The maximum atomic E-state index is 13.3. The molecule has 0 spiro atoms. The minimum Gasteiger partial charge on any atom is -0.486 e. The number of sulfonamides is 1. The van der Waals surface area contributed by atoms with Crippen LogP contribution in [0, 0.1) is 0 Å². The Hall–Kier alpha value is -3.18. The highest BCUT2D eigenvalue weighted by molar-refractivity contribution is 7.89. The van der Waals surface area contributed by atoms with E-state index in [9.17, 15) is 13.2 Å². The Morgan fingerprint density at radius 1 is 1.12 bits per heavy atom. The smallest absolute Gasteiger partial charge is 0.243 e. The molecule has 0 saturated carbocycles. The number of amides is 1. The number of fused-ring (bicyclic) bond motifs is 2. The molecule has 0 aliphatic carbocycles. The number of carbonyl (C=O) groups is 1. The minimum atomic E-state index is -3.85. The van der Waals surface area contributed by atoms with Crippen LogP contribution in [0.4, 0.5) is 0 Å². The normalized spacial score (nSPS) is 18.7. The number of pyridine rings is 1. The molecule has 0 radical (unpaired) electrons. The first-order valence-corrected chi connectivity index (χ1v) is 12.0. The molecule has 1 saturated heterocycles. The van der Waals surface area contributed by atoms with Crippen LogP contribution < -0.4 is 14.8 Å². The Labute approximate surface area is 185 Å². The molecule has 32 heavy (non-hydrogen) atoms. The lowest BCUT2D eigenvalue weighted by Gasteiger charge is -2.24. The van der Waals surface area contributed by atoms with Gasteiger partial charge in [-0.3, -0.25) is 9.20 Å². The van der Waals surface area contributed by atoms with Crippen molar-refractivity contribution in [2.45, 2.75) is 30.2 Å². The topological polar surface area (TPSA) is 115 Å². The van der Waals surface area contributed by atoms with Crippen molar-refractivity contribution in [3.05, 3.63) is 48.4 Å². The SMILES string of the molecule is O=C(NCCc1nnc2ccccn12)C1CCCN1S(=O)(=O)c1ccc2c(c1)OCCO2. The van der Waals surface area contributed by atoms with Crippen molar-refractivity contribution in [2.24, 2.45) is 0 Å². The fourth-order valence-electron chi connectivity index (χ4n) is 4.09. The number of nitrogens with one attached hydrogen (secondary N) is 1. The summed E-state index contributed by atoms with van der Waals surface area (Å²) in [5.74, 6) is 1.34. The number of hydrogen-bond acceptors (Lipinski definition) is 7. The molecule has 4 heterocycles. The van der Waals surface area contributed by atoms with E-state index in [-0.39, 0.29) is 10.8 Å². The molecule has 3 aromatic rings. The Bertz CT molecular complexity index is 1260. The molecule has 5 rings (SSSR count). The van der Waals surface area contributed by atoms with Crippen molar-refractivity contribution in [1.82, 2.24) is 24.2 Å². The highest BCUT2D eigenvalue weighted by Gasteiger charge is 2.39. The van der Waals surface area contributed by atoms with Gasteiger partial charge in [0.2, 0.25) is 15.9 Å². The van der Waals surface area contributed by atoms with Gasteiger partial charge in [0, 0.05) is 31.8 Å². The summed E-state index contributed by atoms with van der Waals surface area (Å²) in [6, 6.07) is 9.43. The van der Waals surface area contributed by atoms with Crippen molar-refractivity contribution < 1.29 is 22.7 Å². The molecule has 10 nitrogen and oxygen atoms in total. The molecule has 2 aliphatic rings. The van der Waals surface area contributed by atoms with E-state index in [1.165, 1.54) is 16.4 Å². The number of rotatable bonds is 6. The van der Waals surface area contributed by atoms with Crippen LogP contribution in [-0.4, -0.2) is 65.6 Å². The van der Waals surface area contributed by atoms with E-state index in [0.29, 0.717) is 57.1 Å². The predicted octanol–water partition coefficient (Wildman–Crippen LogP) is 1.01. The maximum Gasteiger partial charge on any atom is 0.243 e. The average Bonchev–Trinajstić information content (AvgIpc) is 3.47. The van der Waals surface area contributed by atoms with Gasteiger partial charge < -0.3 is 14.8 Å². The van der Waals surface area contributed by atoms with Gasteiger partial charge >= 0.3 is 0 Å². The second kappa shape index (κ2) is 8.40. The third-order valence-corrected chi connectivity index (χ3v) is 7.56. The summed E-state index contributed by atoms with van der Waals surface area (Å²) in [7, 11) is -3.85. The zero-order chi connectivity index (χ0) is 22.1. The molecule has 1 amide bonds. The fraction of sp³-hybridized carbons (Fsp3) is 0.381. The number of benzene rings is 1. The fourth-order valence-corrected chi connectivity index (χ4v) is 5.76. The quantitative estimate of drug-likeness (QED) is 0.587. The van der Waals surface area contributed by atoms with Crippen LogP contribution in [0.2, 0.25) is 0 Å². The number of carbonyl (C=O) groups excluding carboxylic acids is 1. The van der Waals surface area contributed by atoms with Gasteiger partial charge in [-0.15, -0.1) is 10.2 Å². The molecule has 2 aromatic heterocycles. The third-order valence-electron chi connectivity index (χ3n) is 5.66. The van der Waals surface area contributed by atoms with Crippen molar-refractivity contribution in [1.29, 1.82) is 0 Å². The summed E-state index contributed by atoms with van der Waals surface area (Å²) in [4.78, 5) is 12.9. The van der Waals surface area contributed by atoms with Crippen molar-refractivity contribution >= 4 is 21.6 Å². The second-order valence-corrected chi connectivity index (χ2v) is 9.56. The zero-order valence-corrected chi connectivity index (χ0v) is 18.1. The predicted molar refractivity (Wildman–Crippen MR) is 114 cm³/mol. The molecule has 2 aliphatic heterocycles. The average molecular weight is 458 g/mol. The second-order valence-electron chi connectivity index (χ2n) is 7.67. The molecule has 168 valence electrons. The Kier molecular flexibility index (Phi) is 5.43. The molecule has 0 bridgehead atoms. The number of ether oxygens (including phenoxy) is 2. The van der Waals surface area contributed by atoms with E-state index in [0.717, 1.165) is 11.5 Å². The van der Waals surface area contributed by atoms with Gasteiger partial charge in [0.1, 0.15) is 25.1 Å². The van der Waals surface area contributed by atoms with Gasteiger partial charge in [-0.2, -0.15) is 4.31 Å². The van der Waals surface area contributed by atoms with E-state index < -0.39 is 16.1 Å². The van der Waals surface area contributed by atoms with Gasteiger partial charge in [-0.25, -0.2) is 8.42 Å². The summed E-state index contributed by atoms with van der Waals surface area (Å²) in [6.45, 7) is 1.43. The summed E-state index contributed by atoms with van der Waals surface area (Å²) in [5, 5.41) is 11.1. The van der Waals surface area contributed by atoms with Crippen LogP contribution in [-0.2, 0) is 21.2 Å². The number of nitrogens with zero attached hydrogens (tertiary/aromatic N) is 4. The monoisotopic (exact) mass is 457 g/mol. The van der Waals surface area contributed by atoms with Crippen LogP contribution >= 0.6 is 0 Å². The van der Waals surface area contributed by atoms with Gasteiger partial charge in [0.25, 0.3) is 0 Å². The highest BCUT2D eigenvalue weighted by atomic mass is 32.2. The lowest BCUT2D eigenvalue weighted by molar-refractivity contribution is -0.124. The molecule has 11 heteroatoms. The Balaban J connectivity index is 1.27. The van der Waals surface area contributed by atoms with Crippen molar-refractivity contribution in [3.63, 3.8) is 0 Å². The van der Waals surface area contributed by atoms with Crippen molar-refractivity contribution in [2.75, 3.05) is 26.3 Å². The van der Waals surface area contributed by atoms with E-state index >= 15 is 0 Å². The van der Waals surface area contributed by atoms with E-state index in [1.807, 2.05) is 28.8 Å². The lowest BCUT2D eigenvalue weighted by atomic mass is 10.2. The van der Waals surface area contributed by atoms with Crippen molar-refractivity contribution in [3.8, 4) is 11.5 Å². The standard InChI is InChI=1S/C21H23N5O5S/c27-21(22-9-8-20-24-23-19-5-1-2-10-25(19)20)16-4-3-11-26(16)32(28,29)15-6-7-17-18(14-15)31-13-12-30-17/h1-2,5-7,10,14,16H,3-4,8-9,11-13H2,(H,22,27). The first-order chi connectivity index (χ1) is 15.5. The van der Waals surface area contributed by atoms with Gasteiger partial charge in [0.05, 0.1) is 4.90 Å². The Morgan fingerprint density at radius 2 is 1.97 bits per heavy atom. The first kappa shape index (κ1) is 20.7. The van der Waals surface area contributed by atoms with Crippen LogP contribution in [0.15, 0.2) is 47.5 Å². The molecular weight excluding hydrogens is 434 g/mol. The van der Waals surface area contributed by atoms with Crippen LogP contribution in [0.3, 0.4) is 0 Å². The molecule has 1 fully saturated rings. The molecule has 1 N–H and O–H groups in total. The van der Waals surface area contributed by atoms with E-state index in [1.54, 1.807) is 6.07 Å².